The van der Waals surface area contributed by atoms with Crippen molar-refractivity contribution in [1.82, 2.24) is 0 Å². The summed E-state index contributed by atoms with van der Waals surface area (Å²) >= 11 is 5.44. The topological polar surface area (TPSA) is 46.2 Å². The number of phenolic OH excluding ortho intramolecular Hbond substituents is 1. The molecule has 0 radical (unpaired) electrons. The van der Waals surface area contributed by atoms with E-state index in [4.69, 9.17) is 17.3 Å². The lowest BCUT2D eigenvalue weighted by molar-refractivity contribution is 0.437. The number of halogens is 3. The second-order valence-electron chi connectivity index (χ2n) is 3.86. The molecule has 0 bridgehead atoms. The molecule has 0 aromatic heterocycles. The van der Waals surface area contributed by atoms with Gasteiger partial charge < -0.3 is 10.8 Å². The first-order chi connectivity index (χ1) is 7.02. The number of rotatable bonds is 2. The maximum absolute atomic E-state index is 13.7. The largest absolute Gasteiger partial charge is 0.507 e. The van der Waals surface area contributed by atoms with Gasteiger partial charge in [0.05, 0.1) is 0 Å². The number of phenols is 1. The van der Waals surface area contributed by atoms with Crippen LogP contribution in [0.2, 0.25) is 5.02 Å². The van der Waals surface area contributed by atoms with Gasteiger partial charge in [-0.05, 0) is 12.8 Å². The first-order valence-electron chi connectivity index (χ1n) is 4.59. The van der Waals surface area contributed by atoms with Crippen LogP contribution in [-0.4, -0.2) is 11.7 Å². The molecule has 0 atom stereocenters. The number of hydrogen-bond acceptors (Lipinski definition) is 2. The molecule has 1 fully saturated rings. The average Bonchev–Trinajstić information content (AvgIpc) is 2.96. The first-order valence-corrected chi connectivity index (χ1v) is 4.96. The van der Waals surface area contributed by atoms with Crippen LogP contribution >= 0.6 is 11.6 Å². The van der Waals surface area contributed by atoms with Gasteiger partial charge in [0.25, 0.3) is 0 Å². The lowest BCUT2D eigenvalue weighted by Gasteiger charge is -2.16. The van der Waals surface area contributed by atoms with Crippen LogP contribution in [0.25, 0.3) is 0 Å². The van der Waals surface area contributed by atoms with Crippen molar-refractivity contribution in [2.45, 2.75) is 18.3 Å². The summed E-state index contributed by atoms with van der Waals surface area (Å²) in [5.74, 6) is -2.25. The van der Waals surface area contributed by atoms with E-state index in [1.165, 1.54) is 0 Å². The maximum Gasteiger partial charge on any atom is 0.152 e. The Labute approximate surface area is 90.7 Å². The third-order valence-electron chi connectivity index (χ3n) is 2.92. The number of hydrogen-bond donors (Lipinski definition) is 2. The van der Waals surface area contributed by atoms with Gasteiger partial charge in [-0.2, -0.15) is 0 Å². The van der Waals surface area contributed by atoms with E-state index in [1.807, 2.05) is 0 Å². The second kappa shape index (κ2) is 3.32. The third-order valence-corrected chi connectivity index (χ3v) is 3.26. The first kappa shape index (κ1) is 10.6. The predicted octanol–water partition coefficient (Wildman–Crippen LogP) is 2.31. The Morgan fingerprint density at radius 3 is 2.53 bits per heavy atom. The van der Waals surface area contributed by atoms with E-state index in [-0.39, 0.29) is 12.1 Å². The summed E-state index contributed by atoms with van der Waals surface area (Å²) in [4.78, 5) is 0. The van der Waals surface area contributed by atoms with E-state index >= 15 is 0 Å². The molecule has 15 heavy (non-hydrogen) atoms. The van der Waals surface area contributed by atoms with Crippen molar-refractivity contribution in [2.24, 2.45) is 5.73 Å². The van der Waals surface area contributed by atoms with Crippen molar-refractivity contribution >= 4 is 11.6 Å². The zero-order valence-electron chi connectivity index (χ0n) is 7.86. The molecule has 3 N–H and O–H groups in total. The standard InChI is InChI=1S/C10H10ClF2NO/c11-8-5(12)3-6(15)7(9(8)13)10(4-14)1-2-10/h3,15H,1-2,4,14H2. The highest BCUT2D eigenvalue weighted by Crippen LogP contribution is 2.52. The number of nitrogens with two attached hydrogens (primary N) is 1. The van der Waals surface area contributed by atoms with Crippen LogP contribution in [0.3, 0.4) is 0 Å². The van der Waals surface area contributed by atoms with E-state index in [0.29, 0.717) is 12.8 Å². The Morgan fingerprint density at radius 2 is 2.07 bits per heavy atom. The molecule has 0 spiro atoms. The summed E-state index contributed by atoms with van der Waals surface area (Å²) in [5, 5.41) is 8.93. The fourth-order valence-electron chi connectivity index (χ4n) is 1.79. The lowest BCUT2D eigenvalue weighted by Crippen LogP contribution is -2.21. The summed E-state index contributed by atoms with van der Waals surface area (Å²) in [7, 11) is 0. The number of aromatic hydroxyl groups is 1. The fourth-order valence-corrected chi connectivity index (χ4v) is 1.94. The monoisotopic (exact) mass is 233 g/mol. The van der Waals surface area contributed by atoms with Crippen molar-refractivity contribution in [3.63, 3.8) is 0 Å². The van der Waals surface area contributed by atoms with Gasteiger partial charge in [0, 0.05) is 23.6 Å². The maximum atomic E-state index is 13.7. The van der Waals surface area contributed by atoms with E-state index in [9.17, 15) is 13.9 Å². The summed E-state index contributed by atoms with van der Waals surface area (Å²) in [6, 6.07) is 0.830. The summed E-state index contributed by atoms with van der Waals surface area (Å²) in [5.41, 5.74) is 5.01. The van der Waals surface area contributed by atoms with E-state index in [0.717, 1.165) is 6.07 Å². The molecule has 1 aromatic rings. The van der Waals surface area contributed by atoms with Crippen LogP contribution in [0.4, 0.5) is 8.78 Å². The molecule has 2 rings (SSSR count). The molecule has 1 aliphatic carbocycles. The number of benzene rings is 1. The van der Waals surface area contributed by atoms with Gasteiger partial charge in [0.1, 0.15) is 16.6 Å². The van der Waals surface area contributed by atoms with Gasteiger partial charge in [-0.1, -0.05) is 11.6 Å². The third kappa shape index (κ3) is 1.48. The molecule has 0 amide bonds. The molecular weight excluding hydrogens is 224 g/mol. The quantitative estimate of drug-likeness (QED) is 0.770. The highest BCUT2D eigenvalue weighted by atomic mass is 35.5. The summed E-state index contributed by atoms with van der Waals surface area (Å²) in [6.45, 7) is 0.222. The molecule has 0 aliphatic heterocycles. The minimum atomic E-state index is -0.955. The smallest absolute Gasteiger partial charge is 0.152 e. The van der Waals surface area contributed by atoms with Crippen molar-refractivity contribution in [2.75, 3.05) is 6.54 Å². The van der Waals surface area contributed by atoms with Crippen molar-refractivity contribution < 1.29 is 13.9 Å². The molecule has 1 aliphatic rings. The van der Waals surface area contributed by atoms with Crippen LogP contribution in [-0.2, 0) is 5.41 Å². The Hall–Kier alpha value is -0.870. The summed E-state index contributed by atoms with van der Waals surface area (Å²) < 4.78 is 26.6. The molecular formula is C10H10ClF2NO. The molecule has 82 valence electrons. The van der Waals surface area contributed by atoms with Crippen LogP contribution in [0, 0.1) is 11.6 Å². The normalized spacial score (nSPS) is 17.9. The van der Waals surface area contributed by atoms with Crippen LogP contribution < -0.4 is 5.73 Å². The molecule has 1 aromatic carbocycles. The SMILES string of the molecule is NCC1(c2c(O)cc(F)c(Cl)c2F)CC1. The van der Waals surface area contributed by atoms with E-state index in [1.54, 1.807) is 0 Å². The molecule has 2 nitrogen and oxygen atoms in total. The van der Waals surface area contributed by atoms with E-state index < -0.39 is 27.8 Å². The lowest BCUT2D eigenvalue weighted by atomic mass is 9.94. The van der Waals surface area contributed by atoms with Crippen LogP contribution in [0.5, 0.6) is 5.75 Å². The minimum Gasteiger partial charge on any atom is -0.507 e. The predicted molar refractivity (Wildman–Crippen MR) is 53.0 cm³/mol. The highest BCUT2D eigenvalue weighted by molar-refractivity contribution is 6.31. The fraction of sp³-hybridized carbons (Fsp3) is 0.400. The Balaban J connectivity index is 2.62. The van der Waals surface area contributed by atoms with Crippen molar-refractivity contribution in [1.29, 1.82) is 0 Å². The minimum absolute atomic E-state index is 0.0522. The van der Waals surface area contributed by atoms with E-state index in [2.05, 4.69) is 0 Å². The van der Waals surface area contributed by atoms with Gasteiger partial charge in [0.2, 0.25) is 0 Å². The average molecular weight is 234 g/mol. The molecule has 5 heteroatoms. The summed E-state index contributed by atoms with van der Waals surface area (Å²) in [6.07, 6.45) is 1.38. The van der Waals surface area contributed by atoms with Gasteiger partial charge >= 0.3 is 0 Å². The van der Waals surface area contributed by atoms with Gasteiger partial charge in [-0.25, -0.2) is 8.78 Å². The zero-order valence-corrected chi connectivity index (χ0v) is 8.61. The van der Waals surface area contributed by atoms with Crippen molar-refractivity contribution in [3.05, 3.63) is 28.3 Å². The molecule has 0 heterocycles. The second-order valence-corrected chi connectivity index (χ2v) is 4.24. The Bertz CT molecular complexity index is 418. The molecule has 0 saturated heterocycles. The zero-order chi connectivity index (χ0) is 11.2. The van der Waals surface area contributed by atoms with Crippen molar-refractivity contribution in [3.8, 4) is 5.75 Å². The molecule has 0 unspecified atom stereocenters. The Kier molecular flexibility index (Phi) is 2.35. The van der Waals surface area contributed by atoms with Gasteiger partial charge in [-0.15, -0.1) is 0 Å². The molecule has 1 saturated carbocycles. The highest BCUT2D eigenvalue weighted by Gasteiger charge is 2.47. The van der Waals surface area contributed by atoms with Gasteiger partial charge in [-0.3, -0.25) is 0 Å². The van der Waals surface area contributed by atoms with Gasteiger partial charge in [0.15, 0.2) is 5.82 Å². The van der Waals surface area contributed by atoms with Crippen LogP contribution in [0.15, 0.2) is 6.07 Å². The van der Waals surface area contributed by atoms with Crippen LogP contribution in [0.1, 0.15) is 18.4 Å². The Morgan fingerprint density at radius 1 is 1.47 bits per heavy atom.